The van der Waals surface area contributed by atoms with Gasteiger partial charge in [-0.25, -0.2) is 8.42 Å². The van der Waals surface area contributed by atoms with E-state index >= 15 is 0 Å². The lowest BCUT2D eigenvalue weighted by Gasteiger charge is -2.17. The molecule has 1 aromatic carbocycles. The summed E-state index contributed by atoms with van der Waals surface area (Å²) in [6.07, 6.45) is 1.91. The highest BCUT2D eigenvalue weighted by atomic mass is 35.5. The quantitative estimate of drug-likeness (QED) is 0.707. The van der Waals surface area contributed by atoms with Crippen LogP contribution in [0.4, 0.5) is 5.69 Å². The molecular weight excluding hydrogens is 446 g/mol. The number of halogens is 1. The molecule has 2 fully saturated rings. The minimum absolute atomic E-state index is 0.118. The summed E-state index contributed by atoms with van der Waals surface area (Å²) in [4.78, 5) is 27.3. The van der Waals surface area contributed by atoms with Crippen LogP contribution < -0.4 is 10.2 Å². The fraction of sp³-hybridized carbons (Fsp3) is 0.400. The molecule has 0 aliphatic carbocycles. The summed E-state index contributed by atoms with van der Waals surface area (Å²) in [6, 6.07) is 10.3. The molecule has 0 spiro atoms. The molecule has 2 aliphatic rings. The van der Waals surface area contributed by atoms with Crippen LogP contribution in [0.1, 0.15) is 24.1 Å². The van der Waals surface area contributed by atoms with Crippen LogP contribution in [0.5, 0.6) is 0 Å². The molecule has 1 N–H and O–H groups in total. The lowest BCUT2D eigenvalue weighted by atomic mass is 10.1. The van der Waals surface area contributed by atoms with E-state index in [9.17, 15) is 18.0 Å². The Labute approximate surface area is 184 Å². The Bertz CT molecular complexity index is 1060. The third kappa shape index (κ3) is 4.39. The number of anilines is 1. The molecule has 3 heterocycles. The zero-order chi connectivity index (χ0) is 21.3. The summed E-state index contributed by atoms with van der Waals surface area (Å²) in [7, 11) is -3.44. The maximum atomic E-state index is 12.6. The standard InChI is InChI=1S/C20H22ClN3O4S2/c21-15-4-3-5-16(11-15)24-13-14(10-18(24)25)20(26)22-12-17-6-7-19(29-17)30(27,28)23-8-1-2-9-23/h3-7,11,14H,1-2,8-10,12-13H2,(H,22,26)/t14-/m0/s1. The zero-order valence-corrected chi connectivity index (χ0v) is 18.6. The number of carbonyl (C=O) groups excluding carboxylic acids is 2. The van der Waals surface area contributed by atoms with Gasteiger partial charge in [-0.15, -0.1) is 11.3 Å². The molecule has 0 unspecified atom stereocenters. The van der Waals surface area contributed by atoms with E-state index < -0.39 is 15.9 Å². The van der Waals surface area contributed by atoms with E-state index in [-0.39, 0.29) is 24.8 Å². The number of amides is 2. The van der Waals surface area contributed by atoms with Crippen molar-refractivity contribution in [2.24, 2.45) is 5.92 Å². The van der Waals surface area contributed by atoms with E-state index in [1.165, 1.54) is 15.6 Å². The van der Waals surface area contributed by atoms with Crippen molar-refractivity contribution in [3.05, 3.63) is 46.3 Å². The van der Waals surface area contributed by atoms with Crippen LogP contribution in [0.15, 0.2) is 40.6 Å². The van der Waals surface area contributed by atoms with E-state index in [4.69, 9.17) is 11.6 Å². The molecule has 1 atom stereocenters. The number of hydrogen-bond donors (Lipinski definition) is 1. The van der Waals surface area contributed by atoms with Gasteiger partial charge in [0, 0.05) is 41.6 Å². The number of nitrogens with zero attached hydrogens (tertiary/aromatic N) is 2. The Morgan fingerprint density at radius 1 is 1.20 bits per heavy atom. The Balaban J connectivity index is 1.35. The van der Waals surface area contributed by atoms with E-state index in [1.54, 1.807) is 41.3 Å². The van der Waals surface area contributed by atoms with E-state index in [2.05, 4.69) is 5.32 Å². The van der Waals surface area contributed by atoms with Gasteiger partial charge >= 0.3 is 0 Å². The number of carbonyl (C=O) groups is 2. The Morgan fingerprint density at radius 3 is 2.70 bits per heavy atom. The van der Waals surface area contributed by atoms with E-state index in [0.717, 1.165) is 17.7 Å². The summed E-state index contributed by atoms with van der Waals surface area (Å²) >= 11 is 7.18. The topological polar surface area (TPSA) is 86.8 Å². The van der Waals surface area contributed by atoms with Crippen molar-refractivity contribution >= 4 is 50.5 Å². The van der Waals surface area contributed by atoms with Crippen molar-refractivity contribution in [2.45, 2.75) is 30.0 Å². The van der Waals surface area contributed by atoms with Crippen LogP contribution in [-0.4, -0.2) is 44.2 Å². The minimum atomic E-state index is -3.44. The number of rotatable bonds is 6. The highest BCUT2D eigenvalue weighted by molar-refractivity contribution is 7.91. The molecule has 10 heteroatoms. The zero-order valence-electron chi connectivity index (χ0n) is 16.2. The Kier molecular flexibility index (Phi) is 6.15. The predicted molar refractivity (Wildman–Crippen MR) is 116 cm³/mol. The summed E-state index contributed by atoms with van der Waals surface area (Å²) in [5, 5.41) is 3.37. The SMILES string of the molecule is O=C(NCc1ccc(S(=O)(=O)N2CCCC2)s1)[C@H]1CC(=O)N(c2cccc(Cl)c2)C1. The average Bonchev–Trinajstić information content (AvgIpc) is 3.46. The highest BCUT2D eigenvalue weighted by Gasteiger charge is 2.35. The first-order valence-corrected chi connectivity index (χ1v) is 12.4. The van der Waals surface area contributed by atoms with Gasteiger partial charge in [-0.3, -0.25) is 9.59 Å². The third-order valence-corrected chi connectivity index (χ3v) is 9.04. The molecule has 160 valence electrons. The number of nitrogens with one attached hydrogen (secondary N) is 1. The molecule has 0 bridgehead atoms. The fourth-order valence-electron chi connectivity index (χ4n) is 3.74. The van der Waals surface area contributed by atoms with Gasteiger partial charge in [0.25, 0.3) is 10.0 Å². The maximum absolute atomic E-state index is 12.6. The highest BCUT2D eigenvalue weighted by Crippen LogP contribution is 2.29. The Morgan fingerprint density at radius 2 is 1.97 bits per heavy atom. The second kappa shape index (κ2) is 8.66. The van der Waals surface area contributed by atoms with Crippen molar-refractivity contribution in [3.63, 3.8) is 0 Å². The summed E-state index contributed by atoms with van der Waals surface area (Å²) in [5.74, 6) is -0.790. The van der Waals surface area contributed by atoms with Gasteiger partial charge in [0.15, 0.2) is 0 Å². The lowest BCUT2D eigenvalue weighted by molar-refractivity contribution is -0.126. The van der Waals surface area contributed by atoms with E-state index in [1.807, 2.05) is 0 Å². The predicted octanol–water partition coefficient (Wildman–Crippen LogP) is 2.86. The summed E-state index contributed by atoms with van der Waals surface area (Å²) in [5.41, 5.74) is 0.679. The Hall–Kier alpha value is -1.94. The number of benzene rings is 1. The number of hydrogen-bond acceptors (Lipinski definition) is 5. The normalized spacial score (nSPS) is 20.1. The first-order chi connectivity index (χ1) is 14.3. The first-order valence-electron chi connectivity index (χ1n) is 9.77. The van der Waals surface area contributed by atoms with Gasteiger partial charge in [0.2, 0.25) is 11.8 Å². The van der Waals surface area contributed by atoms with Crippen molar-refractivity contribution in [3.8, 4) is 0 Å². The molecule has 7 nitrogen and oxygen atoms in total. The molecular formula is C20H22ClN3O4S2. The van der Waals surface area contributed by atoms with Gasteiger partial charge in [0.1, 0.15) is 4.21 Å². The van der Waals surface area contributed by atoms with Crippen LogP contribution in [0, 0.1) is 5.92 Å². The van der Waals surface area contributed by atoms with Gasteiger partial charge in [0.05, 0.1) is 12.5 Å². The molecule has 4 rings (SSSR count). The van der Waals surface area contributed by atoms with Gasteiger partial charge in [-0.1, -0.05) is 17.7 Å². The van der Waals surface area contributed by atoms with Crippen molar-refractivity contribution < 1.29 is 18.0 Å². The monoisotopic (exact) mass is 467 g/mol. The van der Waals surface area contributed by atoms with E-state index in [0.29, 0.717) is 34.6 Å². The molecule has 2 aliphatic heterocycles. The smallest absolute Gasteiger partial charge is 0.252 e. The molecule has 2 saturated heterocycles. The first kappa shape index (κ1) is 21.3. The minimum Gasteiger partial charge on any atom is -0.351 e. The molecule has 0 saturated carbocycles. The summed E-state index contributed by atoms with van der Waals surface area (Å²) in [6.45, 7) is 1.65. The van der Waals surface area contributed by atoms with Crippen molar-refractivity contribution in [1.82, 2.24) is 9.62 Å². The van der Waals surface area contributed by atoms with Crippen LogP contribution in [0.2, 0.25) is 5.02 Å². The number of sulfonamides is 1. The van der Waals surface area contributed by atoms with Gasteiger partial charge in [-0.2, -0.15) is 4.31 Å². The maximum Gasteiger partial charge on any atom is 0.252 e. The van der Waals surface area contributed by atoms with Crippen molar-refractivity contribution in [2.75, 3.05) is 24.5 Å². The number of thiophene rings is 1. The molecule has 2 aromatic rings. The second-order valence-electron chi connectivity index (χ2n) is 7.44. The molecule has 1 aromatic heterocycles. The lowest BCUT2D eigenvalue weighted by Crippen LogP contribution is -2.32. The van der Waals surface area contributed by atoms with Gasteiger partial charge < -0.3 is 10.2 Å². The second-order valence-corrected chi connectivity index (χ2v) is 11.2. The molecule has 30 heavy (non-hydrogen) atoms. The van der Waals surface area contributed by atoms with Crippen LogP contribution in [-0.2, 0) is 26.2 Å². The third-order valence-electron chi connectivity index (χ3n) is 5.35. The van der Waals surface area contributed by atoms with Crippen LogP contribution in [0.25, 0.3) is 0 Å². The van der Waals surface area contributed by atoms with Crippen LogP contribution in [0.3, 0.4) is 0 Å². The average molecular weight is 468 g/mol. The van der Waals surface area contributed by atoms with Gasteiger partial charge in [-0.05, 0) is 43.2 Å². The summed E-state index contributed by atoms with van der Waals surface area (Å²) < 4.78 is 27.1. The van der Waals surface area contributed by atoms with Crippen LogP contribution >= 0.6 is 22.9 Å². The molecule has 0 radical (unpaired) electrons. The fourth-order valence-corrected chi connectivity index (χ4v) is 6.89. The van der Waals surface area contributed by atoms with Crippen molar-refractivity contribution in [1.29, 1.82) is 0 Å². The molecule has 2 amide bonds. The largest absolute Gasteiger partial charge is 0.351 e.